The Kier molecular flexibility index (Phi) is 5.44. The Morgan fingerprint density at radius 2 is 2.16 bits per heavy atom. The average molecular weight is 294 g/mol. The second-order valence-corrected chi connectivity index (χ2v) is 6.04. The van der Waals surface area contributed by atoms with Gasteiger partial charge in [0.05, 0.1) is 0 Å². The van der Waals surface area contributed by atoms with Gasteiger partial charge in [-0.2, -0.15) is 11.3 Å². The van der Waals surface area contributed by atoms with Gasteiger partial charge in [-0.25, -0.2) is 0 Å². The number of aryl methyl sites for hydroxylation is 1. The second-order valence-electron chi connectivity index (χ2n) is 4.85. The van der Waals surface area contributed by atoms with Gasteiger partial charge in [-0.1, -0.05) is 30.7 Å². The predicted octanol–water partition coefficient (Wildman–Crippen LogP) is 4.99. The molecule has 1 heterocycles. The molecule has 0 spiro atoms. The van der Waals surface area contributed by atoms with Gasteiger partial charge in [-0.05, 0) is 65.9 Å². The summed E-state index contributed by atoms with van der Waals surface area (Å²) in [5.41, 5.74) is 3.79. The summed E-state index contributed by atoms with van der Waals surface area (Å²) in [7, 11) is 0. The van der Waals surface area contributed by atoms with Gasteiger partial charge in [0.15, 0.2) is 0 Å². The zero-order chi connectivity index (χ0) is 13.7. The van der Waals surface area contributed by atoms with E-state index < -0.39 is 0 Å². The van der Waals surface area contributed by atoms with Crippen LogP contribution in [-0.4, -0.2) is 6.54 Å². The van der Waals surface area contributed by atoms with Gasteiger partial charge in [0, 0.05) is 11.1 Å². The minimum Gasteiger partial charge on any atom is -0.310 e. The Bertz CT molecular complexity index is 507. The van der Waals surface area contributed by atoms with E-state index in [4.69, 9.17) is 11.6 Å². The molecule has 0 bridgehead atoms. The van der Waals surface area contributed by atoms with Crippen LogP contribution in [0.25, 0.3) is 0 Å². The highest BCUT2D eigenvalue weighted by Gasteiger charge is 2.12. The van der Waals surface area contributed by atoms with Crippen molar-refractivity contribution in [1.29, 1.82) is 0 Å². The summed E-state index contributed by atoms with van der Waals surface area (Å²) in [6, 6.07) is 8.91. The standard InChI is InChI=1S/C16H20ClNS/c1-3-7-18-16(9-13-6-8-19-11-13)14-5-4-12(2)15(17)10-14/h4-6,8,10-11,16,18H,3,7,9H2,1-2H3. The van der Waals surface area contributed by atoms with Gasteiger partial charge in [0.25, 0.3) is 0 Å². The molecule has 0 aliphatic heterocycles. The van der Waals surface area contributed by atoms with Crippen molar-refractivity contribution >= 4 is 22.9 Å². The van der Waals surface area contributed by atoms with E-state index in [-0.39, 0.29) is 0 Å². The molecular weight excluding hydrogens is 274 g/mol. The lowest BCUT2D eigenvalue weighted by molar-refractivity contribution is 0.530. The van der Waals surface area contributed by atoms with Crippen molar-refractivity contribution < 1.29 is 0 Å². The predicted molar refractivity (Wildman–Crippen MR) is 85.2 cm³/mol. The van der Waals surface area contributed by atoms with Crippen LogP contribution in [-0.2, 0) is 6.42 Å². The molecule has 1 unspecified atom stereocenters. The Balaban J connectivity index is 2.18. The molecule has 0 amide bonds. The molecule has 1 aromatic carbocycles. The highest BCUT2D eigenvalue weighted by atomic mass is 35.5. The van der Waals surface area contributed by atoms with Gasteiger partial charge in [0.2, 0.25) is 0 Å². The van der Waals surface area contributed by atoms with Crippen molar-refractivity contribution in [3.8, 4) is 0 Å². The van der Waals surface area contributed by atoms with E-state index in [0.29, 0.717) is 6.04 Å². The second kappa shape index (κ2) is 7.09. The summed E-state index contributed by atoms with van der Waals surface area (Å²) in [5.74, 6) is 0. The molecule has 0 fully saturated rings. The quantitative estimate of drug-likeness (QED) is 0.791. The van der Waals surface area contributed by atoms with Crippen LogP contribution in [0.2, 0.25) is 5.02 Å². The third kappa shape index (κ3) is 4.07. The van der Waals surface area contributed by atoms with Crippen LogP contribution >= 0.6 is 22.9 Å². The Morgan fingerprint density at radius 3 is 2.79 bits per heavy atom. The lowest BCUT2D eigenvalue weighted by atomic mass is 9.99. The number of rotatable bonds is 6. The van der Waals surface area contributed by atoms with Crippen LogP contribution in [0, 0.1) is 6.92 Å². The van der Waals surface area contributed by atoms with Crippen LogP contribution in [0.5, 0.6) is 0 Å². The van der Waals surface area contributed by atoms with Gasteiger partial charge in [0.1, 0.15) is 0 Å². The van der Waals surface area contributed by atoms with Crippen LogP contribution < -0.4 is 5.32 Å². The average Bonchev–Trinajstić information content (AvgIpc) is 2.91. The Hall–Kier alpha value is -0.830. The molecule has 1 N–H and O–H groups in total. The molecule has 2 aromatic rings. The molecule has 1 aromatic heterocycles. The lowest BCUT2D eigenvalue weighted by Gasteiger charge is -2.19. The maximum absolute atomic E-state index is 6.25. The molecule has 19 heavy (non-hydrogen) atoms. The van der Waals surface area contributed by atoms with Crippen molar-refractivity contribution in [2.45, 2.75) is 32.7 Å². The fraction of sp³-hybridized carbons (Fsp3) is 0.375. The summed E-state index contributed by atoms with van der Waals surface area (Å²) < 4.78 is 0. The third-order valence-electron chi connectivity index (χ3n) is 3.26. The maximum atomic E-state index is 6.25. The van der Waals surface area contributed by atoms with Crippen molar-refractivity contribution in [2.75, 3.05) is 6.54 Å². The zero-order valence-corrected chi connectivity index (χ0v) is 13.0. The number of hydrogen-bond donors (Lipinski definition) is 1. The molecular formula is C16H20ClNS. The van der Waals surface area contributed by atoms with Gasteiger partial charge >= 0.3 is 0 Å². The zero-order valence-electron chi connectivity index (χ0n) is 11.4. The minimum atomic E-state index is 0.340. The first-order valence-electron chi connectivity index (χ1n) is 6.71. The Labute approximate surface area is 124 Å². The van der Waals surface area contributed by atoms with Crippen molar-refractivity contribution in [3.05, 3.63) is 56.7 Å². The van der Waals surface area contributed by atoms with Gasteiger partial charge in [-0.15, -0.1) is 0 Å². The molecule has 0 saturated heterocycles. The smallest absolute Gasteiger partial charge is 0.0438 e. The van der Waals surface area contributed by atoms with Crippen LogP contribution in [0.3, 0.4) is 0 Å². The van der Waals surface area contributed by atoms with E-state index in [1.165, 1.54) is 11.1 Å². The topological polar surface area (TPSA) is 12.0 Å². The largest absolute Gasteiger partial charge is 0.310 e. The highest BCUT2D eigenvalue weighted by Crippen LogP contribution is 2.24. The number of nitrogens with one attached hydrogen (secondary N) is 1. The fourth-order valence-electron chi connectivity index (χ4n) is 2.10. The van der Waals surface area contributed by atoms with Crippen molar-refractivity contribution in [2.24, 2.45) is 0 Å². The minimum absolute atomic E-state index is 0.340. The highest BCUT2D eigenvalue weighted by molar-refractivity contribution is 7.07. The third-order valence-corrected chi connectivity index (χ3v) is 4.40. The summed E-state index contributed by atoms with van der Waals surface area (Å²) in [5, 5.41) is 8.82. The van der Waals surface area contributed by atoms with Crippen molar-refractivity contribution in [3.63, 3.8) is 0 Å². The molecule has 2 rings (SSSR count). The van der Waals surface area contributed by atoms with Gasteiger partial charge < -0.3 is 5.32 Å². The summed E-state index contributed by atoms with van der Waals surface area (Å²) in [6.07, 6.45) is 2.16. The summed E-state index contributed by atoms with van der Waals surface area (Å²) in [4.78, 5) is 0. The monoisotopic (exact) mass is 293 g/mol. The van der Waals surface area contributed by atoms with Gasteiger partial charge in [-0.3, -0.25) is 0 Å². The van der Waals surface area contributed by atoms with E-state index in [0.717, 1.165) is 30.0 Å². The first kappa shape index (κ1) is 14.6. The SMILES string of the molecule is CCCNC(Cc1ccsc1)c1ccc(C)c(Cl)c1. The Morgan fingerprint density at radius 1 is 1.32 bits per heavy atom. The molecule has 0 aliphatic carbocycles. The normalized spacial score (nSPS) is 12.6. The molecule has 102 valence electrons. The van der Waals surface area contributed by atoms with Crippen LogP contribution in [0.4, 0.5) is 0 Å². The first-order valence-corrected chi connectivity index (χ1v) is 8.03. The molecule has 0 radical (unpaired) electrons. The summed E-state index contributed by atoms with van der Waals surface area (Å²) in [6.45, 7) is 5.26. The number of halogens is 1. The fourth-order valence-corrected chi connectivity index (χ4v) is 2.97. The van der Waals surface area contributed by atoms with E-state index in [2.05, 4.69) is 47.3 Å². The molecule has 0 saturated carbocycles. The number of benzene rings is 1. The van der Waals surface area contributed by atoms with E-state index in [1.807, 2.05) is 6.92 Å². The molecule has 0 aliphatic rings. The first-order chi connectivity index (χ1) is 9.20. The van der Waals surface area contributed by atoms with Crippen molar-refractivity contribution in [1.82, 2.24) is 5.32 Å². The maximum Gasteiger partial charge on any atom is 0.0438 e. The molecule has 3 heteroatoms. The number of thiophene rings is 1. The molecule has 1 nitrogen and oxygen atoms in total. The van der Waals surface area contributed by atoms with Crippen LogP contribution in [0.15, 0.2) is 35.0 Å². The number of hydrogen-bond acceptors (Lipinski definition) is 2. The van der Waals surface area contributed by atoms with E-state index in [1.54, 1.807) is 11.3 Å². The lowest BCUT2D eigenvalue weighted by Crippen LogP contribution is -2.24. The van der Waals surface area contributed by atoms with Crippen LogP contribution in [0.1, 0.15) is 36.1 Å². The van der Waals surface area contributed by atoms with E-state index in [9.17, 15) is 0 Å². The summed E-state index contributed by atoms with van der Waals surface area (Å²) >= 11 is 8.00. The molecule has 1 atom stereocenters. The van der Waals surface area contributed by atoms with E-state index >= 15 is 0 Å².